The van der Waals surface area contributed by atoms with Gasteiger partial charge >= 0.3 is 5.97 Å². The number of amides is 4. The quantitative estimate of drug-likeness (QED) is 0.169. The molecule has 2 unspecified atom stereocenters. The van der Waals surface area contributed by atoms with Crippen molar-refractivity contribution in [2.45, 2.75) is 58.7 Å². The molecule has 13 heteroatoms. The summed E-state index contributed by atoms with van der Waals surface area (Å²) in [5.74, 6) is -2.74. The van der Waals surface area contributed by atoms with Crippen LogP contribution >= 0.6 is 12.4 Å². The smallest absolute Gasteiger partial charge is 0.325 e. The van der Waals surface area contributed by atoms with Gasteiger partial charge in [-0.05, 0) is 50.3 Å². The summed E-state index contributed by atoms with van der Waals surface area (Å²) in [5, 5.41) is 19.2. The number of phenols is 1. The largest absolute Gasteiger partial charge is 0.508 e. The van der Waals surface area contributed by atoms with Gasteiger partial charge < -0.3 is 36.8 Å². The van der Waals surface area contributed by atoms with Gasteiger partial charge in [0.15, 0.2) is 0 Å². The first-order valence-corrected chi connectivity index (χ1v) is 11.8. The van der Waals surface area contributed by atoms with Crippen LogP contribution in [0.2, 0.25) is 0 Å². The number of hydrogen-bond donors (Lipinski definition) is 6. The Morgan fingerprint density at radius 1 is 0.919 bits per heavy atom. The van der Waals surface area contributed by atoms with Crippen molar-refractivity contribution in [2.24, 2.45) is 11.7 Å². The molecule has 0 saturated heterocycles. The second kappa shape index (κ2) is 17.1. The number of halogens is 1. The van der Waals surface area contributed by atoms with E-state index >= 15 is 0 Å². The zero-order valence-corrected chi connectivity index (χ0v) is 22.4. The number of carbonyl (C=O) groups excluding carboxylic acids is 5. The van der Waals surface area contributed by atoms with Crippen molar-refractivity contribution >= 4 is 42.0 Å². The number of ether oxygens (including phenoxy) is 1. The molecule has 1 aromatic carbocycles. The molecule has 7 N–H and O–H groups in total. The van der Waals surface area contributed by atoms with E-state index in [4.69, 9.17) is 10.5 Å². The fourth-order valence-electron chi connectivity index (χ4n) is 3.13. The summed E-state index contributed by atoms with van der Waals surface area (Å²) >= 11 is 0. The van der Waals surface area contributed by atoms with Crippen LogP contribution in [0, 0.1) is 5.92 Å². The van der Waals surface area contributed by atoms with Gasteiger partial charge in [-0.2, -0.15) is 0 Å². The van der Waals surface area contributed by atoms with E-state index in [0.717, 1.165) is 5.56 Å². The molecule has 0 spiro atoms. The molecule has 0 aromatic heterocycles. The van der Waals surface area contributed by atoms with Gasteiger partial charge in [0.25, 0.3) is 0 Å². The maximum atomic E-state index is 12.4. The molecule has 0 heterocycles. The summed E-state index contributed by atoms with van der Waals surface area (Å²) in [6.07, 6.45) is 0.526. The van der Waals surface area contributed by atoms with E-state index in [9.17, 15) is 29.1 Å². The summed E-state index contributed by atoms with van der Waals surface area (Å²) in [4.78, 5) is 60.9. The normalized spacial score (nSPS) is 12.8. The maximum Gasteiger partial charge on any atom is 0.325 e. The Labute approximate surface area is 222 Å². The molecular weight excluding hydrogens is 506 g/mol. The average molecular weight is 544 g/mol. The molecule has 4 amide bonds. The Bertz CT molecular complexity index is 911. The van der Waals surface area contributed by atoms with Crippen LogP contribution in [-0.4, -0.2) is 72.5 Å². The Kier molecular flexibility index (Phi) is 15.6. The first-order chi connectivity index (χ1) is 16.9. The van der Waals surface area contributed by atoms with Crippen molar-refractivity contribution in [1.82, 2.24) is 21.3 Å². The number of nitrogens with two attached hydrogens (primary N) is 1. The van der Waals surface area contributed by atoms with Gasteiger partial charge in [0.05, 0.1) is 19.2 Å². The molecular formula is C24H38ClN5O7. The second-order valence-corrected chi connectivity index (χ2v) is 8.70. The Morgan fingerprint density at radius 2 is 1.51 bits per heavy atom. The Hall–Kier alpha value is -3.38. The summed E-state index contributed by atoms with van der Waals surface area (Å²) in [5.41, 5.74) is 6.65. The van der Waals surface area contributed by atoms with Gasteiger partial charge in [-0.3, -0.25) is 24.0 Å². The first kappa shape index (κ1) is 33.6. The summed E-state index contributed by atoms with van der Waals surface area (Å²) < 4.78 is 4.76. The molecule has 1 aromatic rings. The molecule has 0 bridgehead atoms. The van der Waals surface area contributed by atoms with E-state index in [0.29, 0.717) is 6.42 Å². The van der Waals surface area contributed by atoms with Crippen molar-refractivity contribution in [3.8, 4) is 5.75 Å². The van der Waals surface area contributed by atoms with E-state index in [-0.39, 0.29) is 43.6 Å². The number of rotatable bonds is 14. The maximum absolute atomic E-state index is 12.4. The highest BCUT2D eigenvalue weighted by atomic mass is 35.5. The van der Waals surface area contributed by atoms with Gasteiger partial charge in [-0.25, -0.2) is 0 Å². The van der Waals surface area contributed by atoms with Crippen LogP contribution in [0.5, 0.6) is 5.75 Å². The standard InChI is InChI=1S/C24H37N5O7.ClH/c1-5-36-21(32)13-27-24(35)19(10-14(2)3)29-20(31)12-26-22(33)15(4)28-23(34)18(25)11-16-6-8-17(30)9-7-16;/h6-9,14-15,18-19,30H,5,10-13,25H2,1-4H3,(H,26,33)(H,27,35)(H,28,34)(H,29,31);1H/t15-,18?,19?;/m0./s1. The van der Waals surface area contributed by atoms with Gasteiger partial charge in [-0.1, -0.05) is 26.0 Å². The molecule has 0 aliphatic rings. The fraction of sp³-hybridized carbons (Fsp3) is 0.542. The van der Waals surface area contributed by atoms with E-state index in [1.165, 1.54) is 19.1 Å². The van der Waals surface area contributed by atoms with Crippen LogP contribution in [0.15, 0.2) is 24.3 Å². The molecule has 0 radical (unpaired) electrons. The molecule has 0 fully saturated rings. The van der Waals surface area contributed by atoms with Crippen LogP contribution in [0.3, 0.4) is 0 Å². The highest BCUT2D eigenvalue weighted by molar-refractivity contribution is 5.93. The van der Waals surface area contributed by atoms with Crippen LogP contribution < -0.4 is 27.0 Å². The third kappa shape index (κ3) is 13.5. The zero-order valence-electron chi connectivity index (χ0n) is 21.5. The van der Waals surface area contributed by atoms with Crippen molar-refractivity contribution in [1.29, 1.82) is 0 Å². The predicted octanol–water partition coefficient (Wildman–Crippen LogP) is -0.485. The van der Waals surface area contributed by atoms with E-state index in [2.05, 4.69) is 21.3 Å². The van der Waals surface area contributed by atoms with Crippen LogP contribution in [0.1, 0.15) is 39.7 Å². The SMILES string of the molecule is CCOC(=O)CNC(=O)C(CC(C)C)NC(=O)CNC(=O)[C@H](C)NC(=O)C(N)Cc1ccc(O)cc1.Cl. The first-order valence-electron chi connectivity index (χ1n) is 11.8. The summed E-state index contributed by atoms with van der Waals surface area (Å²) in [7, 11) is 0. The molecule has 0 aliphatic carbocycles. The lowest BCUT2D eigenvalue weighted by molar-refractivity contribution is -0.143. The third-order valence-electron chi connectivity index (χ3n) is 4.98. The minimum absolute atomic E-state index is 0. The minimum Gasteiger partial charge on any atom is -0.508 e. The fourth-order valence-corrected chi connectivity index (χ4v) is 3.13. The molecule has 208 valence electrons. The lowest BCUT2D eigenvalue weighted by Gasteiger charge is -2.21. The number of nitrogens with one attached hydrogen (secondary N) is 4. The van der Waals surface area contributed by atoms with Gasteiger partial charge in [-0.15, -0.1) is 12.4 Å². The molecule has 1 rings (SSSR count). The highest BCUT2D eigenvalue weighted by Gasteiger charge is 2.24. The Morgan fingerprint density at radius 3 is 2.08 bits per heavy atom. The van der Waals surface area contributed by atoms with Crippen molar-refractivity contribution < 1.29 is 33.8 Å². The highest BCUT2D eigenvalue weighted by Crippen LogP contribution is 2.11. The number of carbonyl (C=O) groups is 5. The van der Waals surface area contributed by atoms with Crippen molar-refractivity contribution in [3.63, 3.8) is 0 Å². The van der Waals surface area contributed by atoms with Gasteiger partial charge in [0, 0.05) is 0 Å². The average Bonchev–Trinajstić information content (AvgIpc) is 2.81. The third-order valence-corrected chi connectivity index (χ3v) is 4.98. The topological polar surface area (TPSA) is 189 Å². The summed E-state index contributed by atoms with van der Waals surface area (Å²) in [6, 6.07) is 3.46. The molecule has 3 atom stereocenters. The lowest BCUT2D eigenvalue weighted by Crippen LogP contribution is -2.53. The number of phenolic OH excluding ortho intramolecular Hbond substituents is 1. The Balaban J connectivity index is 0.0000130. The van der Waals surface area contributed by atoms with Crippen LogP contribution in [0.4, 0.5) is 0 Å². The second-order valence-electron chi connectivity index (χ2n) is 8.70. The monoisotopic (exact) mass is 543 g/mol. The molecule has 12 nitrogen and oxygen atoms in total. The lowest BCUT2D eigenvalue weighted by atomic mass is 10.0. The number of esters is 1. The van der Waals surface area contributed by atoms with Crippen LogP contribution in [0.25, 0.3) is 0 Å². The van der Waals surface area contributed by atoms with E-state index in [1.807, 2.05) is 13.8 Å². The summed E-state index contributed by atoms with van der Waals surface area (Å²) in [6.45, 7) is 6.28. The van der Waals surface area contributed by atoms with Crippen molar-refractivity contribution in [3.05, 3.63) is 29.8 Å². The molecule has 0 aliphatic heterocycles. The number of aromatic hydroxyl groups is 1. The van der Waals surface area contributed by atoms with Crippen LogP contribution in [-0.2, 0) is 35.1 Å². The molecule has 0 saturated carbocycles. The predicted molar refractivity (Wildman–Crippen MR) is 139 cm³/mol. The zero-order chi connectivity index (χ0) is 27.3. The van der Waals surface area contributed by atoms with E-state index < -0.39 is 54.3 Å². The number of hydrogen-bond acceptors (Lipinski definition) is 8. The van der Waals surface area contributed by atoms with E-state index in [1.54, 1.807) is 19.1 Å². The van der Waals surface area contributed by atoms with Gasteiger partial charge in [0.1, 0.15) is 24.4 Å². The van der Waals surface area contributed by atoms with Crippen molar-refractivity contribution in [2.75, 3.05) is 19.7 Å². The van der Waals surface area contributed by atoms with Gasteiger partial charge in [0.2, 0.25) is 23.6 Å². The number of benzene rings is 1. The minimum atomic E-state index is -0.962. The molecule has 37 heavy (non-hydrogen) atoms.